The Morgan fingerprint density at radius 3 is 2.04 bits per heavy atom. The van der Waals surface area contributed by atoms with Gasteiger partial charge in [0.05, 0.1) is 25.7 Å². The van der Waals surface area contributed by atoms with Gasteiger partial charge in [-0.2, -0.15) is 16.8 Å². The van der Waals surface area contributed by atoms with Crippen molar-refractivity contribution in [3.05, 3.63) is 10.4 Å². The highest BCUT2D eigenvalue weighted by Crippen LogP contribution is 2.35. The molecule has 0 aromatic carbocycles. The highest BCUT2D eigenvalue weighted by Gasteiger charge is 2.56. The normalized spacial score (nSPS) is 27.6. The van der Waals surface area contributed by atoms with Crippen LogP contribution in [0.15, 0.2) is 5.11 Å². The van der Waals surface area contributed by atoms with Gasteiger partial charge in [0, 0.05) is 12.0 Å². The lowest BCUT2D eigenvalue weighted by atomic mass is 9.95. The van der Waals surface area contributed by atoms with Gasteiger partial charge in [0.15, 0.2) is 6.29 Å². The molecule has 0 aromatic heterocycles. The maximum Gasteiger partial charge on any atom is 0.264 e. The Morgan fingerprint density at radius 2 is 1.70 bits per heavy atom. The van der Waals surface area contributed by atoms with Gasteiger partial charge in [-0.15, -0.1) is 0 Å². The van der Waals surface area contributed by atoms with Gasteiger partial charge in [-0.1, -0.05) is 5.11 Å². The molecule has 134 valence electrons. The first-order chi connectivity index (χ1) is 10.4. The third kappa shape index (κ3) is 5.54. The van der Waals surface area contributed by atoms with E-state index in [1.165, 1.54) is 7.11 Å². The first-order valence-electron chi connectivity index (χ1n) is 6.06. The van der Waals surface area contributed by atoms with Crippen LogP contribution >= 0.6 is 0 Å². The van der Waals surface area contributed by atoms with Crippen molar-refractivity contribution in [2.24, 2.45) is 5.11 Å². The van der Waals surface area contributed by atoms with Crippen LogP contribution in [-0.4, -0.2) is 78.8 Å². The zero-order chi connectivity index (χ0) is 17.9. The summed E-state index contributed by atoms with van der Waals surface area (Å²) in [6, 6.07) is -1.40. The third-order valence-corrected chi connectivity index (χ3v) is 4.03. The first kappa shape index (κ1) is 20.1. The molecule has 0 saturated carbocycles. The molecule has 1 heterocycles. The molecule has 0 radical (unpaired) electrons. The van der Waals surface area contributed by atoms with Crippen molar-refractivity contribution in [1.82, 2.24) is 0 Å². The molecule has 0 bridgehead atoms. The highest BCUT2D eigenvalue weighted by atomic mass is 32.2. The van der Waals surface area contributed by atoms with Crippen LogP contribution in [0.25, 0.3) is 10.4 Å². The van der Waals surface area contributed by atoms with Crippen LogP contribution in [0.2, 0.25) is 0 Å². The molecular formula is C9H17N3O9S2. The molecule has 0 aliphatic carbocycles. The second-order valence-corrected chi connectivity index (χ2v) is 8.15. The number of hydrogen-bond donors (Lipinski definition) is 1. The average Bonchev–Trinajstić information content (AvgIpc) is 2.68. The van der Waals surface area contributed by atoms with Gasteiger partial charge in [0.1, 0.15) is 17.7 Å². The van der Waals surface area contributed by atoms with Crippen LogP contribution in [0.5, 0.6) is 0 Å². The van der Waals surface area contributed by atoms with Crippen molar-refractivity contribution in [2.45, 2.75) is 24.0 Å². The Hall–Kier alpha value is -0.990. The molecule has 1 rings (SSSR count). The van der Waals surface area contributed by atoms with Gasteiger partial charge in [-0.3, -0.25) is 8.37 Å². The second kappa shape index (κ2) is 7.27. The van der Waals surface area contributed by atoms with E-state index in [9.17, 15) is 21.9 Å². The smallest absolute Gasteiger partial charge is 0.264 e. The molecule has 0 amide bonds. The van der Waals surface area contributed by atoms with E-state index in [-0.39, 0.29) is 0 Å². The van der Waals surface area contributed by atoms with Gasteiger partial charge >= 0.3 is 0 Å². The zero-order valence-electron chi connectivity index (χ0n) is 12.5. The lowest BCUT2D eigenvalue weighted by Gasteiger charge is -2.30. The van der Waals surface area contributed by atoms with Crippen molar-refractivity contribution >= 4 is 20.2 Å². The van der Waals surface area contributed by atoms with Gasteiger partial charge in [-0.05, 0) is 5.53 Å². The average molecular weight is 375 g/mol. The van der Waals surface area contributed by atoms with E-state index in [1.54, 1.807) is 0 Å². The minimum Gasteiger partial charge on any atom is -0.387 e. The lowest BCUT2D eigenvalue weighted by Crippen LogP contribution is -2.50. The number of nitrogens with zero attached hydrogens (tertiary/aromatic N) is 3. The highest BCUT2D eigenvalue weighted by molar-refractivity contribution is 7.86. The number of methoxy groups -OCH3 is 1. The Bertz CT molecular complexity index is 634. The predicted molar refractivity (Wildman–Crippen MR) is 75.1 cm³/mol. The number of ether oxygens (including phenoxy) is 2. The molecule has 23 heavy (non-hydrogen) atoms. The largest absolute Gasteiger partial charge is 0.387 e. The summed E-state index contributed by atoms with van der Waals surface area (Å²) in [7, 11) is -6.67. The molecule has 0 spiro atoms. The zero-order valence-corrected chi connectivity index (χ0v) is 14.2. The summed E-state index contributed by atoms with van der Waals surface area (Å²) in [4.78, 5) is 2.54. The second-order valence-electron chi connectivity index (χ2n) is 4.86. The van der Waals surface area contributed by atoms with Crippen LogP contribution < -0.4 is 0 Å². The quantitative estimate of drug-likeness (QED) is 0.234. The van der Waals surface area contributed by atoms with Crippen molar-refractivity contribution in [1.29, 1.82) is 0 Å². The fourth-order valence-corrected chi connectivity index (χ4v) is 2.77. The molecule has 0 unspecified atom stereocenters. The van der Waals surface area contributed by atoms with Crippen LogP contribution in [0.3, 0.4) is 0 Å². The number of rotatable bonds is 8. The Labute approximate surface area is 133 Å². The van der Waals surface area contributed by atoms with Crippen LogP contribution in [0, 0.1) is 0 Å². The van der Waals surface area contributed by atoms with E-state index in [2.05, 4.69) is 18.4 Å². The first-order valence-corrected chi connectivity index (χ1v) is 9.69. The van der Waals surface area contributed by atoms with Crippen molar-refractivity contribution < 1.29 is 39.8 Å². The van der Waals surface area contributed by atoms with Crippen molar-refractivity contribution in [3.63, 3.8) is 0 Å². The number of hydrogen-bond acceptors (Lipinski definition) is 10. The standard InChI is InChI=1S/C9H17N3O9S2/c1-18-8-6(13)7(11-12-10)9(21-8,4-19-22(2,14)15)5-20-23(3,16)17/h6-8,13H,4-5H2,1-3H3/t6-,7+,8+/m1/s1. The van der Waals surface area contributed by atoms with Gasteiger partial charge in [0.25, 0.3) is 20.2 Å². The van der Waals surface area contributed by atoms with Crippen LogP contribution in [-0.2, 0) is 38.1 Å². The monoisotopic (exact) mass is 375 g/mol. The SMILES string of the molecule is CO[C@H]1OC(COS(C)(=O)=O)(COS(C)(=O)=O)[C@@H](N=[N+]=[N-])[C@H]1O. The van der Waals surface area contributed by atoms with Gasteiger partial charge in [-0.25, -0.2) is 0 Å². The molecule has 12 nitrogen and oxygen atoms in total. The Kier molecular flexibility index (Phi) is 6.34. The van der Waals surface area contributed by atoms with Crippen molar-refractivity contribution in [2.75, 3.05) is 32.8 Å². The summed E-state index contributed by atoms with van der Waals surface area (Å²) in [6.45, 7) is -1.50. The molecule has 1 aliphatic rings. The van der Waals surface area contributed by atoms with Crippen LogP contribution in [0.4, 0.5) is 0 Å². The van der Waals surface area contributed by atoms with Crippen molar-refractivity contribution in [3.8, 4) is 0 Å². The summed E-state index contributed by atoms with van der Waals surface area (Å²) >= 11 is 0. The van der Waals surface area contributed by atoms with E-state index in [1.807, 2.05) is 0 Å². The number of aliphatic hydroxyl groups excluding tert-OH is 1. The van der Waals surface area contributed by atoms with Gasteiger partial charge < -0.3 is 14.6 Å². The summed E-state index contributed by atoms with van der Waals surface area (Å²) in [5.74, 6) is 0. The Balaban J connectivity index is 3.21. The van der Waals surface area contributed by atoms with E-state index in [4.69, 9.17) is 15.0 Å². The topological polar surface area (TPSA) is 174 Å². The van der Waals surface area contributed by atoms with E-state index in [0.717, 1.165) is 12.5 Å². The van der Waals surface area contributed by atoms with E-state index in [0.29, 0.717) is 0 Å². The van der Waals surface area contributed by atoms with Crippen LogP contribution in [0.1, 0.15) is 0 Å². The lowest BCUT2D eigenvalue weighted by molar-refractivity contribution is -0.190. The predicted octanol–water partition coefficient (Wildman–Crippen LogP) is -1.28. The fraction of sp³-hybridized carbons (Fsp3) is 1.00. The summed E-state index contributed by atoms with van der Waals surface area (Å²) < 4.78 is 64.2. The minimum atomic E-state index is -3.93. The molecule has 3 atom stereocenters. The molecule has 14 heteroatoms. The third-order valence-electron chi connectivity index (χ3n) is 2.94. The summed E-state index contributed by atoms with van der Waals surface area (Å²) in [6.07, 6.45) is -1.25. The molecule has 1 aliphatic heterocycles. The molecule has 1 fully saturated rings. The van der Waals surface area contributed by atoms with E-state index >= 15 is 0 Å². The molecule has 1 N–H and O–H groups in total. The Morgan fingerprint density at radius 1 is 1.22 bits per heavy atom. The number of aliphatic hydroxyl groups is 1. The molecular weight excluding hydrogens is 358 g/mol. The number of azide groups is 1. The maximum atomic E-state index is 11.2. The molecule has 1 saturated heterocycles. The van der Waals surface area contributed by atoms with E-state index < -0.39 is 57.5 Å². The maximum absolute atomic E-state index is 11.2. The van der Waals surface area contributed by atoms with Gasteiger partial charge in [0.2, 0.25) is 0 Å². The fourth-order valence-electron chi connectivity index (χ4n) is 1.94. The molecule has 0 aromatic rings. The minimum absolute atomic E-state index is 0.748. The summed E-state index contributed by atoms with van der Waals surface area (Å²) in [5.41, 5.74) is 6.75. The summed E-state index contributed by atoms with van der Waals surface area (Å²) in [5, 5.41) is 13.4.